The van der Waals surface area contributed by atoms with Crippen LogP contribution in [0.15, 0.2) is 0 Å². The molecular formula is C15H30O2. The molecular weight excluding hydrogens is 212 g/mol. The van der Waals surface area contributed by atoms with Gasteiger partial charge in [0, 0.05) is 6.42 Å². The van der Waals surface area contributed by atoms with Gasteiger partial charge in [0.05, 0.1) is 6.61 Å². The van der Waals surface area contributed by atoms with Gasteiger partial charge in [-0.2, -0.15) is 0 Å². The van der Waals surface area contributed by atoms with Crippen molar-refractivity contribution in [3.05, 3.63) is 0 Å². The van der Waals surface area contributed by atoms with Crippen molar-refractivity contribution in [2.45, 2.75) is 78.6 Å². The van der Waals surface area contributed by atoms with Crippen molar-refractivity contribution in [3.8, 4) is 0 Å². The van der Waals surface area contributed by atoms with Gasteiger partial charge in [0.15, 0.2) is 0 Å². The fourth-order valence-electron chi connectivity index (χ4n) is 1.88. The lowest BCUT2D eigenvalue weighted by atomic mass is 10.0. The number of esters is 1. The van der Waals surface area contributed by atoms with Gasteiger partial charge >= 0.3 is 5.97 Å². The van der Waals surface area contributed by atoms with Crippen LogP contribution in [0.2, 0.25) is 0 Å². The van der Waals surface area contributed by atoms with E-state index in [2.05, 4.69) is 20.8 Å². The molecule has 0 aliphatic carbocycles. The number of carbonyl (C=O) groups is 1. The van der Waals surface area contributed by atoms with Crippen LogP contribution in [-0.2, 0) is 9.53 Å². The van der Waals surface area contributed by atoms with E-state index < -0.39 is 0 Å². The molecule has 0 aromatic carbocycles. The molecule has 0 aliphatic heterocycles. The van der Waals surface area contributed by atoms with Gasteiger partial charge in [-0.25, -0.2) is 0 Å². The van der Waals surface area contributed by atoms with Crippen LogP contribution in [0.25, 0.3) is 0 Å². The summed E-state index contributed by atoms with van der Waals surface area (Å²) >= 11 is 0. The average Bonchev–Trinajstić information content (AvgIpc) is 2.35. The second-order valence-electron chi connectivity index (χ2n) is 4.91. The molecule has 2 nitrogen and oxygen atoms in total. The Bertz CT molecular complexity index is 178. The average molecular weight is 242 g/mol. The number of hydrogen-bond donors (Lipinski definition) is 0. The maximum Gasteiger partial charge on any atom is 0.305 e. The van der Waals surface area contributed by atoms with Crippen LogP contribution in [0, 0.1) is 5.92 Å². The molecule has 0 heterocycles. The Morgan fingerprint density at radius 1 is 1.00 bits per heavy atom. The van der Waals surface area contributed by atoms with Crippen molar-refractivity contribution in [1.82, 2.24) is 0 Å². The summed E-state index contributed by atoms with van der Waals surface area (Å²) in [5, 5.41) is 0. The zero-order chi connectivity index (χ0) is 12.9. The Balaban J connectivity index is 3.52. The number of rotatable bonds is 11. The monoisotopic (exact) mass is 242 g/mol. The second kappa shape index (κ2) is 11.9. The van der Waals surface area contributed by atoms with Gasteiger partial charge in [0.2, 0.25) is 0 Å². The first-order valence-corrected chi connectivity index (χ1v) is 7.40. The maximum absolute atomic E-state index is 11.5. The third kappa shape index (κ3) is 10.3. The molecule has 0 aliphatic rings. The number of hydrogen-bond acceptors (Lipinski definition) is 2. The smallest absolute Gasteiger partial charge is 0.305 e. The minimum atomic E-state index is -0.00366. The van der Waals surface area contributed by atoms with Gasteiger partial charge in [0.25, 0.3) is 0 Å². The largest absolute Gasteiger partial charge is 0.465 e. The molecule has 0 aromatic rings. The van der Waals surface area contributed by atoms with Crippen molar-refractivity contribution in [2.75, 3.05) is 6.61 Å². The minimum Gasteiger partial charge on any atom is -0.465 e. The first kappa shape index (κ1) is 16.5. The molecule has 0 N–H and O–H groups in total. The highest BCUT2D eigenvalue weighted by molar-refractivity contribution is 5.69. The van der Waals surface area contributed by atoms with Crippen LogP contribution in [0.5, 0.6) is 0 Å². The summed E-state index contributed by atoms with van der Waals surface area (Å²) in [6.45, 7) is 7.18. The highest BCUT2D eigenvalue weighted by Crippen LogP contribution is 2.13. The lowest BCUT2D eigenvalue weighted by Crippen LogP contribution is -2.13. The van der Waals surface area contributed by atoms with Gasteiger partial charge in [0.1, 0.15) is 0 Å². The first-order chi connectivity index (χ1) is 8.24. The van der Waals surface area contributed by atoms with E-state index in [1.54, 1.807) is 0 Å². The molecule has 2 heteroatoms. The summed E-state index contributed by atoms with van der Waals surface area (Å²) in [5.74, 6) is 0.561. The molecule has 0 spiro atoms. The van der Waals surface area contributed by atoms with Gasteiger partial charge in [-0.1, -0.05) is 59.3 Å². The zero-order valence-corrected chi connectivity index (χ0v) is 12.0. The Morgan fingerprint density at radius 3 is 2.29 bits per heavy atom. The van der Waals surface area contributed by atoms with Gasteiger partial charge in [-0.15, -0.1) is 0 Å². The summed E-state index contributed by atoms with van der Waals surface area (Å²) in [5.41, 5.74) is 0. The Kier molecular flexibility index (Phi) is 11.6. The van der Waals surface area contributed by atoms with Crippen LogP contribution >= 0.6 is 0 Å². The standard InChI is InChI=1S/C15H30O2/c1-4-7-9-10-12-15(16)17-13-14(6-3)11-8-5-2/h14H,4-13H2,1-3H3. The molecule has 0 rings (SSSR count). The third-order valence-corrected chi connectivity index (χ3v) is 3.26. The molecule has 0 saturated carbocycles. The van der Waals surface area contributed by atoms with Gasteiger partial charge in [-0.3, -0.25) is 4.79 Å². The molecule has 1 atom stereocenters. The number of ether oxygens (including phenoxy) is 1. The summed E-state index contributed by atoms with van der Waals surface area (Å²) in [4.78, 5) is 11.5. The van der Waals surface area contributed by atoms with E-state index in [-0.39, 0.29) is 5.97 Å². The molecule has 0 fully saturated rings. The third-order valence-electron chi connectivity index (χ3n) is 3.26. The van der Waals surface area contributed by atoms with Gasteiger partial charge < -0.3 is 4.74 Å². The van der Waals surface area contributed by atoms with Crippen molar-refractivity contribution in [2.24, 2.45) is 5.92 Å². The predicted molar refractivity (Wildman–Crippen MR) is 73.0 cm³/mol. The van der Waals surface area contributed by atoms with Crippen molar-refractivity contribution in [3.63, 3.8) is 0 Å². The molecule has 0 bridgehead atoms. The SMILES string of the molecule is CCCCCCC(=O)OCC(CC)CCCC. The van der Waals surface area contributed by atoms with Crippen LogP contribution in [0.3, 0.4) is 0 Å². The Labute approximate surface area is 107 Å². The summed E-state index contributed by atoms with van der Waals surface area (Å²) in [6.07, 6.45) is 9.94. The highest BCUT2D eigenvalue weighted by atomic mass is 16.5. The fraction of sp³-hybridized carbons (Fsp3) is 0.933. The Hall–Kier alpha value is -0.530. The van der Waals surface area contributed by atoms with E-state index in [1.807, 2.05) is 0 Å². The normalized spacial score (nSPS) is 12.4. The van der Waals surface area contributed by atoms with Crippen LogP contribution in [0.4, 0.5) is 0 Å². The predicted octanol–water partition coefficient (Wildman–Crippen LogP) is 4.72. The van der Waals surface area contributed by atoms with Crippen LogP contribution in [0.1, 0.15) is 78.6 Å². The van der Waals surface area contributed by atoms with Crippen molar-refractivity contribution >= 4 is 5.97 Å². The summed E-state index contributed by atoms with van der Waals surface area (Å²) < 4.78 is 5.33. The lowest BCUT2D eigenvalue weighted by molar-refractivity contribution is -0.145. The lowest BCUT2D eigenvalue weighted by Gasteiger charge is -2.14. The molecule has 0 amide bonds. The number of carbonyl (C=O) groups excluding carboxylic acids is 1. The van der Waals surface area contributed by atoms with Crippen molar-refractivity contribution < 1.29 is 9.53 Å². The van der Waals surface area contributed by atoms with Crippen LogP contribution in [-0.4, -0.2) is 12.6 Å². The van der Waals surface area contributed by atoms with E-state index in [0.717, 1.165) is 19.3 Å². The Morgan fingerprint density at radius 2 is 1.71 bits per heavy atom. The van der Waals surface area contributed by atoms with Crippen molar-refractivity contribution in [1.29, 1.82) is 0 Å². The van der Waals surface area contributed by atoms with Gasteiger partial charge in [-0.05, 0) is 18.8 Å². The molecule has 102 valence electrons. The molecule has 0 radical (unpaired) electrons. The van der Waals surface area contributed by atoms with E-state index in [1.165, 1.54) is 32.1 Å². The quantitative estimate of drug-likeness (QED) is 0.387. The van der Waals surface area contributed by atoms with E-state index in [0.29, 0.717) is 18.9 Å². The molecule has 0 saturated heterocycles. The van der Waals surface area contributed by atoms with E-state index >= 15 is 0 Å². The number of unbranched alkanes of at least 4 members (excludes halogenated alkanes) is 4. The summed E-state index contributed by atoms with van der Waals surface area (Å²) in [6, 6.07) is 0. The molecule has 17 heavy (non-hydrogen) atoms. The van der Waals surface area contributed by atoms with Crippen LogP contribution < -0.4 is 0 Å². The minimum absolute atomic E-state index is 0.00366. The maximum atomic E-state index is 11.5. The molecule has 1 unspecified atom stereocenters. The highest BCUT2D eigenvalue weighted by Gasteiger charge is 2.09. The topological polar surface area (TPSA) is 26.3 Å². The first-order valence-electron chi connectivity index (χ1n) is 7.40. The second-order valence-corrected chi connectivity index (χ2v) is 4.91. The fourth-order valence-corrected chi connectivity index (χ4v) is 1.88. The zero-order valence-electron chi connectivity index (χ0n) is 12.0. The van der Waals surface area contributed by atoms with E-state index in [9.17, 15) is 4.79 Å². The molecule has 0 aromatic heterocycles. The summed E-state index contributed by atoms with van der Waals surface area (Å²) in [7, 11) is 0. The van der Waals surface area contributed by atoms with E-state index in [4.69, 9.17) is 4.74 Å².